The predicted octanol–water partition coefficient (Wildman–Crippen LogP) is 2.38. The summed E-state index contributed by atoms with van der Waals surface area (Å²) in [6.45, 7) is 3.78. The van der Waals surface area contributed by atoms with E-state index in [1.54, 1.807) is 6.07 Å². The van der Waals surface area contributed by atoms with Gasteiger partial charge in [0.2, 0.25) is 0 Å². The van der Waals surface area contributed by atoms with Gasteiger partial charge in [-0.25, -0.2) is 4.39 Å². The first-order chi connectivity index (χ1) is 9.00. The number of para-hydroxylation sites is 1. The standard InChI is InChI=1S/C15H24FN3/c1-11(17)13-7-4-8-14(16)15(13)19-9-5-6-12(19)10-18(2)3/h4,7-8,11-12H,5-6,9-10,17H2,1-3H3/t11-,12?/m1/s1. The second-order valence-corrected chi connectivity index (χ2v) is 5.72. The molecule has 1 saturated heterocycles. The van der Waals surface area contributed by atoms with Gasteiger partial charge in [-0.05, 0) is 45.5 Å². The maximum absolute atomic E-state index is 14.3. The highest BCUT2D eigenvalue weighted by molar-refractivity contribution is 5.57. The van der Waals surface area contributed by atoms with Crippen LogP contribution in [0.5, 0.6) is 0 Å². The molecule has 0 radical (unpaired) electrons. The zero-order valence-corrected chi connectivity index (χ0v) is 12.1. The van der Waals surface area contributed by atoms with Crippen molar-refractivity contribution < 1.29 is 4.39 Å². The molecule has 2 atom stereocenters. The molecule has 1 heterocycles. The SMILES string of the molecule is C[C@@H](N)c1cccc(F)c1N1CCCC1CN(C)C. The fourth-order valence-electron chi connectivity index (χ4n) is 2.94. The van der Waals surface area contributed by atoms with E-state index >= 15 is 0 Å². The molecule has 1 aromatic carbocycles. The molecule has 2 N–H and O–H groups in total. The van der Waals surface area contributed by atoms with Gasteiger partial charge in [0, 0.05) is 25.2 Å². The van der Waals surface area contributed by atoms with Gasteiger partial charge in [-0.15, -0.1) is 0 Å². The lowest BCUT2D eigenvalue weighted by molar-refractivity contribution is 0.371. The van der Waals surface area contributed by atoms with Crippen LogP contribution >= 0.6 is 0 Å². The molecular formula is C15H24FN3. The molecule has 19 heavy (non-hydrogen) atoms. The highest BCUT2D eigenvalue weighted by Gasteiger charge is 2.29. The van der Waals surface area contributed by atoms with Crippen LogP contribution in [0, 0.1) is 5.82 Å². The first-order valence-corrected chi connectivity index (χ1v) is 6.96. The smallest absolute Gasteiger partial charge is 0.146 e. The van der Waals surface area contributed by atoms with Crippen LogP contribution in [0.4, 0.5) is 10.1 Å². The second kappa shape index (κ2) is 5.88. The summed E-state index contributed by atoms with van der Waals surface area (Å²) in [5.41, 5.74) is 7.61. The fraction of sp³-hybridized carbons (Fsp3) is 0.600. The number of rotatable bonds is 4. The molecule has 1 aromatic rings. The molecular weight excluding hydrogens is 241 g/mol. The molecule has 0 aliphatic carbocycles. The zero-order valence-electron chi connectivity index (χ0n) is 12.1. The molecule has 2 rings (SSSR count). The highest BCUT2D eigenvalue weighted by Crippen LogP contribution is 2.33. The van der Waals surface area contributed by atoms with E-state index in [0.29, 0.717) is 11.7 Å². The van der Waals surface area contributed by atoms with Gasteiger partial charge in [-0.2, -0.15) is 0 Å². The van der Waals surface area contributed by atoms with Crippen molar-refractivity contribution in [2.24, 2.45) is 5.73 Å². The maximum Gasteiger partial charge on any atom is 0.146 e. The Morgan fingerprint density at radius 2 is 2.21 bits per heavy atom. The molecule has 1 fully saturated rings. The number of likely N-dealkylation sites (N-methyl/N-ethyl adjacent to an activating group) is 1. The van der Waals surface area contributed by atoms with Crippen molar-refractivity contribution in [2.75, 3.05) is 32.1 Å². The van der Waals surface area contributed by atoms with Crippen molar-refractivity contribution in [3.8, 4) is 0 Å². The van der Waals surface area contributed by atoms with E-state index < -0.39 is 0 Å². The van der Waals surface area contributed by atoms with Crippen molar-refractivity contribution in [3.63, 3.8) is 0 Å². The molecule has 1 aliphatic heterocycles. The van der Waals surface area contributed by atoms with Gasteiger partial charge in [0.15, 0.2) is 0 Å². The van der Waals surface area contributed by atoms with Crippen molar-refractivity contribution in [1.29, 1.82) is 0 Å². The Labute approximate surface area is 115 Å². The molecule has 0 saturated carbocycles. The van der Waals surface area contributed by atoms with Gasteiger partial charge >= 0.3 is 0 Å². The molecule has 4 heteroatoms. The number of hydrogen-bond donors (Lipinski definition) is 1. The molecule has 0 amide bonds. The Morgan fingerprint density at radius 1 is 1.47 bits per heavy atom. The van der Waals surface area contributed by atoms with Crippen LogP contribution in [-0.2, 0) is 0 Å². The minimum atomic E-state index is -0.152. The summed E-state index contributed by atoms with van der Waals surface area (Å²) in [6.07, 6.45) is 2.23. The number of halogens is 1. The summed E-state index contributed by atoms with van der Waals surface area (Å²) in [7, 11) is 4.12. The van der Waals surface area contributed by atoms with Crippen molar-refractivity contribution in [2.45, 2.75) is 31.8 Å². The number of hydrogen-bond acceptors (Lipinski definition) is 3. The van der Waals surface area contributed by atoms with Crippen LogP contribution in [0.3, 0.4) is 0 Å². The minimum Gasteiger partial charge on any atom is -0.365 e. The summed E-state index contributed by atoms with van der Waals surface area (Å²) < 4.78 is 14.3. The molecule has 0 aromatic heterocycles. The number of benzene rings is 1. The summed E-state index contributed by atoms with van der Waals surface area (Å²) in [5, 5.41) is 0. The van der Waals surface area contributed by atoms with Gasteiger partial charge in [0.1, 0.15) is 5.82 Å². The van der Waals surface area contributed by atoms with Crippen LogP contribution in [0.25, 0.3) is 0 Å². The van der Waals surface area contributed by atoms with Crippen molar-refractivity contribution in [3.05, 3.63) is 29.6 Å². The van der Waals surface area contributed by atoms with E-state index in [0.717, 1.165) is 31.5 Å². The van der Waals surface area contributed by atoms with Gasteiger partial charge in [-0.3, -0.25) is 0 Å². The minimum absolute atomic E-state index is 0.147. The van der Waals surface area contributed by atoms with Crippen molar-refractivity contribution >= 4 is 5.69 Å². The quantitative estimate of drug-likeness (QED) is 0.907. The summed E-state index contributed by atoms with van der Waals surface area (Å²) >= 11 is 0. The molecule has 1 unspecified atom stereocenters. The van der Waals surface area contributed by atoms with E-state index in [1.807, 2.05) is 13.0 Å². The average Bonchev–Trinajstić information content (AvgIpc) is 2.75. The lowest BCUT2D eigenvalue weighted by Gasteiger charge is -2.31. The summed E-state index contributed by atoms with van der Waals surface area (Å²) in [6, 6.07) is 5.45. The Morgan fingerprint density at radius 3 is 2.84 bits per heavy atom. The van der Waals surface area contributed by atoms with Gasteiger partial charge in [0.25, 0.3) is 0 Å². The van der Waals surface area contributed by atoms with Gasteiger partial charge in [0.05, 0.1) is 5.69 Å². The van der Waals surface area contributed by atoms with Crippen LogP contribution in [0.1, 0.15) is 31.4 Å². The van der Waals surface area contributed by atoms with Crippen LogP contribution in [-0.4, -0.2) is 38.1 Å². The molecule has 0 spiro atoms. The van der Waals surface area contributed by atoms with Crippen LogP contribution in [0.2, 0.25) is 0 Å². The Hall–Kier alpha value is -1.13. The van der Waals surface area contributed by atoms with E-state index in [9.17, 15) is 4.39 Å². The monoisotopic (exact) mass is 265 g/mol. The summed E-state index contributed by atoms with van der Waals surface area (Å²) in [5.74, 6) is -0.152. The van der Waals surface area contributed by atoms with Gasteiger partial charge < -0.3 is 15.5 Å². The molecule has 1 aliphatic rings. The van der Waals surface area contributed by atoms with E-state index in [1.165, 1.54) is 6.07 Å². The van der Waals surface area contributed by atoms with E-state index in [-0.39, 0.29) is 11.9 Å². The third-order valence-corrected chi connectivity index (χ3v) is 3.75. The lowest BCUT2D eigenvalue weighted by atomic mass is 10.0. The second-order valence-electron chi connectivity index (χ2n) is 5.72. The number of anilines is 1. The Kier molecular flexibility index (Phi) is 4.42. The summed E-state index contributed by atoms with van der Waals surface area (Å²) in [4.78, 5) is 4.36. The predicted molar refractivity (Wildman–Crippen MR) is 77.9 cm³/mol. The third-order valence-electron chi connectivity index (χ3n) is 3.75. The normalized spacial score (nSPS) is 21.2. The first-order valence-electron chi connectivity index (χ1n) is 6.96. The topological polar surface area (TPSA) is 32.5 Å². The Balaban J connectivity index is 2.34. The molecule has 3 nitrogen and oxygen atoms in total. The van der Waals surface area contributed by atoms with E-state index in [2.05, 4.69) is 23.9 Å². The number of nitrogens with two attached hydrogens (primary N) is 1. The van der Waals surface area contributed by atoms with Crippen LogP contribution < -0.4 is 10.6 Å². The molecule has 106 valence electrons. The maximum atomic E-state index is 14.3. The molecule has 0 bridgehead atoms. The Bertz CT molecular complexity index is 431. The van der Waals surface area contributed by atoms with Gasteiger partial charge in [-0.1, -0.05) is 12.1 Å². The number of nitrogens with zero attached hydrogens (tertiary/aromatic N) is 2. The zero-order chi connectivity index (χ0) is 14.0. The van der Waals surface area contributed by atoms with E-state index in [4.69, 9.17) is 5.73 Å². The average molecular weight is 265 g/mol. The van der Waals surface area contributed by atoms with Crippen molar-refractivity contribution in [1.82, 2.24) is 4.90 Å². The highest BCUT2D eigenvalue weighted by atomic mass is 19.1. The first kappa shape index (κ1) is 14.3. The van der Waals surface area contributed by atoms with Crippen LogP contribution in [0.15, 0.2) is 18.2 Å². The third kappa shape index (κ3) is 3.07. The largest absolute Gasteiger partial charge is 0.365 e. The fourth-order valence-corrected chi connectivity index (χ4v) is 2.94. The lowest BCUT2D eigenvalue weighted by Crippen LogP contribution is -2.38.